The minimum absolute atomic E-state index is 0.0522. The van der Waals surface area contributed by atoms with Gasteiger partial charge < -0.3 is 19.8 Å². The standard InChI is InChI=1S/C30H39NO5/c1-30(2)21-25(31(29(30)35)18-7-5-4-6-11-28(33)34)14-17-27(32)24-10-8-9-23(20-24)19-22-12-15-26(36-3)16-13-22/h8-10,12-17,20,25,27,32H,4-7,11,18-19,21H2,1-3H3,(H,33,34). The number of amides is 1. The highest BCUT2D eigenvalue weighted by molar-refractivity contribution is 5.85. The van der Waals surface area contributed by atoms with Crippen LogP contribution in [-0.4, -0.2) is 46.7 Å². The molecule has 0 saturated carbocycles. The molecule has 0 spiro atoms. The molecule has 0 aromatic heterocycles. The number of hydrogen-bond acceptors (Lipinski definition) is 4. The zero-order valence-corrected chi connectivity index (χ0v) is 21.7. The average molecular weight is 494 g/mol. The summed E-state index contributed by atoms with van der Waals surface area (Å²) < 4.78 is 5.23. The van der Waals surface area contributed by atoms with Gasteiger partial charge in [-0.3, -0.25) is 9.59 Å². The van der Waals surface area contributed by atoms with Crippen LogP contribution in [0.4, 0.5) is 0 Å². The van der Waals surface area contributed by atoms with Crippen molar-refractivity contribution in [3.05, 3.63) is 77.4 Å². The van der Waals surface area contributed by atoms with Gasteiger partial charge in [-0.15, -0.1) is 0 Å². The molecule has 1 saturated heterocycles. The Hall–Kier alpha value is -3.12. The highest BCUT2D eigenvalue weighted by atomic mass is 16.5. The molecule has 2 aromatic carbocycles. The number of benzene rings is 2. The lowest BCUT2D eigenvalue weighted by molar-refractivity contribution is -0.137. The average Bonchev–Trinajstić information content (AvgIpc) is 3.07. The predicted octanol–water partition coefficient (Wildman–Crippen LogP) is 5.54. The summed E-state index contributed by atoms with van der Waals surface area (Å²) in [5.74, 6) is 0.203. The Morgan fingerprint density at radius 2 is 1.83 bits per heavy atom. The van der Waals surface area contributed by atoms with E-state index in [1.807, 2.05) is 67.3 Å². The van der Waals surface area contributed by atoms with Gasteiger partial charge >= 0.3 is 5.97 Å². The first kappa shape index (κ1) is 27.5. The number of carbonyl (C=O) groups is 2. The Balaban J connectivity index is 1.60. The molecule has 0 aliphatic carbocycles. The molecule has 0 radical (unpaired) electrons. The third-order valence-corrected chi connectivity index (χ3v) is 6.87. The van der Waals surface area contributed by atoms with Crippen LogP contribution in [0.1, 0.15) is 75.2 Å². The number of nitrogens with zero attached hydrogens (tertiary/aromatic N) is 1. The Labute approximate surface area is 214 Å². The molecule has 1 aliphatic heterocycles. The topological polar surface area (TPSA) is 87.1 Å². The van der Waals surface area contributed by atoms with E-state index in [9.17, 15) is 14.7 Å². The summed E-state index contributed by atoms with van der Waals surface area (Å²) in [4.78, 5) is 25.5. The van der Waals surface area contributed by atoms with Crippen LogP contribution in [0.2, 0.25) is 0 Å². The Kier molecular flexibility index (Phi) is 9.71. The second-order valence-corrected chi connectivity index (χ2v) is 10.3. The first-order chi connectivity index (χ1) is 17.2. The van der Waals surface area contributed by atoms with Gasteiger partial charge in [0.1, 0.15) is 5.75 Å². The van der Waals surface area contributed by atoms with Crippen molar-refractivity contribution in [1.29, 1.82) is 0 Å². The van der Waals surface area contributed by atoms with Crippen molar-refractivity contribution < 1.29 is 24.5 Å². The van der Waals surface area contributed by atoms with E-state index in [1.54, 1.807) is 13.2 Å². The number of hydrogen-bond donors (Lipinski definition) is 2. The number of aliphatic hydroxyl groups is 1. The fourth-order valence-corrected chi connectivity index (χ4v) is 4.82. The largest absolute Gasteiger partial charge is 0.497 e. The van der Waals surface area contributed by atoms with Gasteiger partial charge in [0, 0.05) is 18.4 Å². The molecule has 0 bridgehead atoms. The zero-order valence-electron chi connectivity index (χ0n) is 21.7. The number of likely N-dealkylation sites (tertiary alicyclic amines) is 1. The number of methoxy groups -OCH3 is 1. The third-order valence-electron chi connectivity index (χ3n) is 6.87. The lowest BCUT2D eigenvalue weighted by Crippen LogP contribution is -2.35. The maximum atomic E-state index is 13.0. The second kappa shape index (κ2) is 12.7. The lowest BCUT2D eigenvalue weighted by atomic mass is 9.89. The van der Waals surface area contributed by atoms with Gasteiger partial charge in [0.25, 0.3) is 0 Å². The van der Waals surface area contributed by atoms with Crippen LogP contribution in [0.15, 0.2) is 60.7 Å². The van der Waals surface area contributed by atoms with Crippen LogP contribution in [0.25, 0.3) is 0 Å². The summed E-state index contributed by atoms with van der Waals surface area (Å²) >= 11 is 0. The fraction of sp³-hybridized carbons (Fsp3) is 0.467. The molecule has 3 rings (SSSR count). The van der Waals surface area contributed by atoms with Crippen LogP contribution < -0.4 is 4.74 Å². The van der Waals surface area contributed by atoms with E-state index in [0.29, 0.717) is 19.4 Å². The van der Waals surface area contributed by atoms with Crippen molar-refractivity contribution in [3.63, 3.8) is 0 Å². The van der Waals surface area contributed by atoms with E-state index < -0.39 is 17.5 Å². The highest BCUT2D eigenvalue weighted by Gasteiger charge is 2.43. The molecular weight excluding hydrogens is 454 g/mol. The van der Waals surface area contributed by atoms with Crippen molar-refractivity contribution in [1.82, 2.24) is 4.90 Å². The van der Waals surface area contributed by atoms with Crippen molar-refractivity contribution in [2.24, 2.45) is 5.41 Å². The number of unbranched alkanes of at least 4 members (excludes halogenated alkanes) is 3. The van der Waals surface area contributed by atoms with E-state index in [4.69, 9.17) is 9.84 Å². The van der Waals surface area contributed by atoms with Crippen molar-refractivity contribution in [2.45, 2.75) is 70.9 Å². The van der Waals surface area contributed by atoms with Gasteiger partial charge in [0.15, 0.2) is 0 Å². The van der Waals surface area contributed by atoms with E-state index in [2.05, 4.69) is 6.07 Å². The van der Waals surface area contributed by atoms with E-state index in [-0.39, 0.29) is 18.4 Å². The first-order valence-electron chi connectivity index (χ1n) is 12.8. The monoisotopic (exact) mass is 493 g/mol. The number of aliphatic carboxylic acids is 1. The highest BCUT2D eigenvalue weighted by Crippen LogP contribution is 2.36. The van der Waals surface area contributed by atoms with E-state index in [1.165, 1.54) is 5.56 Å². The molecule has 36 heavy (non-hydrogen) atoms. The van der Waals surface area contributed by atoms with Gasteiger partial charge in [-0.05, 0) is 54.5 Å². The number of carboxylic acid groups (broad SMARTS) is 1. The Morgan fingerprint density at radius 3 is 2.53 bits per heavy atom. The van der Waals surface area contributed by atoms with E-state index >= 15 is 0 Å². The van der Waals surface area contributed by atoms with Gasteiger partial charge in [-0.1, -0.05) is 75.2 Å². The van der Waals surface area contributed by atoms with E-state index in [0.717, 1.165) is 42.6 Å². The van der Waals surface area contributed by atoms with Crippen LogP contribution in [0.5, 0.6) is 5.75 Å². The molecule has 194 valence electrons. The molecule has 6 nitrogen and oxygen atoms in total. The molecule has 1 amide bonds. The Bertz CT molecular complexity index is 1040. The zero-order chi connectivity index (χ0) is 26.1. The number of ether oxygens (including phenoxy) is 1. The summed E-state index contributed by atoms with van der Waals surface area (Å²) in [5, 5.41) is 19.7. The predicted molar refractivity (Wildman–Crippen MR) is 141 cm³/mol. The molecule has 2 unspecified atom stereocenters. The molecule has 6 heteroatoms. The SMILES string of the molecule is COc1ccc(Cc2cccc(C(O)C=CC3CC(C)(C)C(=O)N3CCCCCCC(=O)O)c2)cc1. The maximum Gasteiger partial charge on any atom is 0.303 e. The van der Waals surface area contributed by atoms with Crippen molar-refractivity contribution in [2.75, 3.05) is 13.7 Å². The fourth-order valence-electron chi connectivity index (χ4n) is 4.82. The van der Waals surface area contributed by atoms with Gasteiger partial charge in [-0.25, -0.2) is 0 Å². The number of rotatable bonds is 13. The van der Waals surface area contributed by atoms with Crippen LogP contribution in [0, 0.1) is 5.41 Å². The molecule has 1 fully saturated rings. The van der Waals surface area contributed by atoms with Gasteiger partial charge in [0.2, 0.25) is 5.91 Å². The normalized spacial score (nSPS) is 18.1. The summed E-state index contributed by atoms with van der Waals surface area (Å²) in [6.07, 6.45) is 7.96. The number of aliphatic hydroxyl groups excluding tert-OH is 1. The third kappa shape index (κ3) is 7.69. The summed E-state index contributed by atoms with van der Waals surface area (Å²) in [7, 11) is 1.65. The quantitative estimate of drug-likeness (QED) is 0.283. The summed E-state index contributed by atoms with van der Waals surface area (Å²) in [6, 6.07) is 15.9. The number of carbonyl (C=O) groups excluding carboxylic acids is 1. The van der Waals surface area contributed by atoms with Crippen molar-refractivity contribution in [3.8, 4) is 5.75 Å². The smallest absolute Gasteiger partial charge is 0.303 e. The van der Waals surface area contributed by atoms with Gasteiger partial charge in [0.05, 0.1) is 19.3 Å². The summed E-state index contributed by atoms with van der Waals surface area (Å²) in [6.45, 7) is 4.60. The van der Waals surface area contributed by atoms with Crippen LogP contribution >= 0.6 is 0 Å². The Morgan fingerprint density at radius 1 is 1.11 bits per heavy atom. The van der Waals surface area contributed by atoms with Crippen LogP contribution in [0.3, 0.4) is 0 Å². The van der Waals surface area contributed by atoms with Crippen LogP contribution in [-0.2, 0) is 16.0 Å². The maximum absolute atomic E-state index is 13.0. The minimum Gasteiger partial charge on any atom is -0.497 e. The molecule has 1 aliphatic rings. The lowest BCUT2D eigenvalue weighted by Gasteiger charge is -2.23. The molecular formula is C30H39NO5. The molecule has 2 N–H and O–H groups in total. The first-order valence-corrected chi connectivity index (χ1v) is 12.8. The van der Waals surface area contributed by atoms with Crippen molar-refractivity contribution >= 4 is 11.9 Å². The summed E-state index contributed by atoms with van der Waals surface area (Å²) in [5.41, 5.74) is 2.68. The molecule has 1 heterocycles. The van der Waals surface area contributed by atoms with Gasteiger partial charge in [-0.2, -0.15) is 0 Å². The molecule has 2 atom stereocenters. The number of carboxylic acids is 1. The minimum atomic E-state index is -0.763. The second-order valence-electron chi connectivity index (χ2n) is 10.3. The molecule has 2 aromatic rings.